The molecule has 2 atom stereocenters. The first kappa shape index (κ1) is 24.0. The topological polar surface area (TPSA) is 93.4 Å². The van der Waals surface area contributed by atoms with Crippen molar-refractivity contribution in [1.29, 1.82) is 0 Å². The van der Waals surface area contributed by atoms with Crippen LogP contribution in [0.15, 0.2) is 85.7 Å². The van der Waals surface area contributed by atoms with Gasteiger partial charge in [0.25, 0.3) is 0 Å². The summed E-state index contributed by atoms with van der Waals surface area (Å²) in [5.41, 5.74) is 7.06. The first-order valence-corrected chi connectivity index (χ1v) is 15.0. The van der Waals surface area contributed by atoms with E-state index in [0.29, 0.717) is 27.8 Å². The molecular formula is C31H26N8OS. The first-order chi connectivity index (χ1) is 20.2. The van der Waals surface area contributed by atoms with Crippen molar-refractivity contribution in [3.63, 3.8) is 0 Å². The fourth-order valence-electron chi connectivity index (χ4n) is 5.36. The van der Waals surface area contributed by atoms with E-state index in [0.717, 1.165) is 51.9 Å². The number of nitrogens with one attached hydrogen (secondary N) is 1. The summed E-state index contributed by atoms with van der Waals surface area (Å²) >= 11 is 0. The predicted molar refractivity (Wildman–Crippen MR) is 165 cm³/mol. The Labute approximate surface area is 238 Å². The number of fused-ring (bicyclic) bond motifs is 3. The Kier molecular flexibility index (Phi) is 5.66. The molecule has 41 heavy (non-hydrogen) atoms. The monoisotopic (exact) mass is 558 g/mol. The Morgan fingerprint density at radius 3 is 2.83 bits per heavy atom. The van der Waals surface area contributed by atoms with Gasteiger partial charge in [-0.05, 0) is 71.4 Å². The van der Waals surface area contributed by atoms with Crippen LogP contribution >= 0.6 is 10.5 Å². The lowest BCUT2D eigenvalue weighted by molar-refractivity contribution is 0.458. The van der Waals surface area contributed by atoms with Gasteiger partial charge in [-0.1, -0.05) is 18.2 Å². The lowest BCUT2D eigenvalue weighted by atomic mass is 10.0. The molecule has 0 saturated carbocycles. The average Bonchev–Trinajstić information content (AvgIpc) is 3.64. The minimum atomic E-state index is 0.462. The quantitative estimate of drug-likeness (QED) is 0.255. The Morgan fingerprint density at radius 2 is 1.90 bits per heavy atom. The normalized spacial score (nSPS) is 17.7. The van der Waals surface area contributed by atoms with Gasteiger partial charge >= 0.3 is 0 Å². The predicted octanol–water partition coefficient (Wildman–Crippen LogP) is 5.85. The highest BCUT2D eigenvalue weighted by Gasteiger charge is 2.30. The number of ether oxygens (including phenoxy) is 1. The van der Waals surface area contributed by atoms with Crippen molar-refractivity contribution in [1.82, 2.24) is 29.5 Å². The number of aromatic nitrogens is 6. The zero-order valence-corrected chi connectivity index (χ0v) is 23.1. The van der Waals surface area contributed by atoms with Crippen LogP contribution < -0.4 is 15.0 Å². The number of anilines is 3. The van der Waals surface area contributed by atoms with Gasteiger partial charge in [-0.2, -0.15) is 10.5 Å². The lowest BCUT2D eigenvalue weighted by Gasteiger charge is -2.29. The highest BCUT2D eigenvalue weighted by atomic mass is 32.2. The molecule has 0 aliphatic carbocycles. The molecule has 2 aliphatic heterocycles. The van der Waals surface area contributed by atoms with Crippen molar-refractivity contribution in [2.45, 2.75) is 12.2 Å². The van der Waals surface area contributed by atoms with Crippen LogP contribution in [0.5, 0.6) is 11.6 Å². The fourth-order valence-corrected chi connectivity index (χ4v) is 7.24. The minimum absolute atomic E-state index is 0.462. The van der Waals surface area contributed by atoms with E-state index in [1.807, 2.05) is 25.1 Å². The van der Waals surface area contributed by atoms with Gasteiger partial charge < -0.3 is 15.0 Å². The summed E-state index contributed by atoms with van der Waals surface area (Å²) in [4.78, 5) is 16.0. The van der Waals surface area contributed by atoms with Gasteiger partial charge in [0.15, 0.2) is 5.65 Å². The summed E-state index contributed by atoms with van der Waals surface area (Å²) in [6.07, 6.45) is 4.83. The van der Waals surface area contributed by atoms with Gasteiger partial charge in [-0.3, -0.25) is 4.40 Å². The number of benzene rings is 3. The molecule has 2 aliphatic rings. The van der Waals surface area contributed by atoms with Crippen LogP contribution in [0, 0.1) is 6.92 Å². The Hall–Kier alpha value is -4.83. The van der Waals surface area contributed by atoms with Crippen molar-refractivity contribution in [3.8, 4) is 22.8 Å². The maximum Gasteiger partial charge on any atom is 0.224 e. The average molecular weight is 559 g/mol. The number of nitrogens with zero attached hydrogens (tertiary/aromatic N) is 7. The summed E-state index contributed by atoms with van der Waals surface area (Å²) in [5.74, 6) is 3.22. The van der Waals surface area contributed by atoms with Crippen LogP contribution in [0.4, 0.5) is 17.2 Å². The first-order valence-electron chi connectivity index (χ1n) is 13.5. The molecule has 6 aromatic rings. The highest BCUT2D eigenvalue weighted by molar-refractivity contribution is 8.23. The second-order valence-electron chi connectivity index (χ2n) is 10.3. The molecule has 1 fully saturated rings. The summed E-state index contributed by atoms with van der Waals surface area (Å²) in [6, 6.07) is 22.9. The molecule has 0 amide bonds. The van der Waals surface area contributed by atoms with Gasteiger partial charge in [-0.15, -0.1) is 10.2 Å². The number of hydrogen-bond donors (Lipinski definition) is 1. The molecule has 1 N–H and O–H groups in total. The zero-order valence-electron chi connectivity index (χ0n) is 22.3. The number of hydrogen-bond acceptors (Lipinski definition) is 8. The summed E-state index contributed by atoms with van der Waals surface area (Å²) in [7, 11) is 0.587. The molecule has 3 aromatic heterocycles. The van der Waals surface area contributed by atoms with E-state index in [-0.39, 0.29) is 0 Å². The van der Waals surface area contributed by atoms with Crippen LogP contribution in [0.25, 0.3) is 27.7 Å². The molecule has 10 heteroatoms. The van der Waals surface area contributed by atoms with E-state index >= 15 is 0 Å². The third-order valence-corrected chi connectivity index (χ3v) is 9.71. The summed E-state index contributed by atoms with van der Waals surface area (Å²) in [6.45, 7) is 4.28. The summed E-state index contributed by atoms with van der Waals surface area (Å²) in [5, 5.41) is 15.7. The molecule has 0 bridgehead atoms. The van der Waals surface area contributed by atoms with Crippen molar-refractivity contribution in [2.75, 3.05) is 29.1 Å². The standard InChI is InChI=1S/C31H26N8OS/c1-20-11-23(6-8-28(20)40-30-14-29-37-35-19-39(29)18-34-30)36-31-26-13-22(5-7-27(26)32-17-33-31)21-3-2-4-24(12-21)38-9-10-41-16-25(41)15-38/h2-8,11-14,16-19,25H,9-10,15H2,1H3,(H,32,33,36). The Bertz CT molecular complexity index is 1990. The van der Waals surface area contributed by atoms with Crippen LogP contribution in [-0.2, 0) is 0 Å². The van der Waals surface area contributed by atoms with E-state index < -0.39 is 0 Å². The molecular weight excluding hydrogens is 532 g/mol. The highest BCUT2D eigenvalue weighted by Crippen LogP contribution is 2.39. The minimum Gasteiger partial charge on any atom is -0.439 e. The molecule has 2 unspecified atom stereocenters. The van der Waals surface area contributed by atoms with Crippen molar-refractivity contribution in [3.05, 3.63) is 91.3 Å². The Morgan fingerprint density at radius 1 is 0.951 bits per heavy atom. The molecule has 0 radical (unpaired) electrons. The van der Waals surface area contributed by atoms with Gasteiger partial charge in [0.1, 0.15) is 30.5 Å². The zero-order chi connectivity index (χ0) is 27.3. The lowest BCUT2D eigenvalue weighted by Crippen LogP contribution is -2.33. The molecule has 0 spiro atoms. The smallest absolute Gasteiger partial charge is 0.224 e. The number of aryl methyl sites for hydroxylation is 1. The van der Waals surface area contributed by atoms with Crippen molar-refractivity contribution >= 4 is 49.6 Å². The molecule has 202 valence electrons. The second kappa shape index (κ2) is 9.67. The molecule has 5 heterocycles. The maximum atomic E-state index is 6.04. The molecule has 3 aromatic carbocycles. The van der Waals surface area contributed by atoms with Crippen LogP contribution in [0.2, 0.25) is 0 Å². The van der Waals surface area contributed by atoms with E-state index in [4.69, 9.17) is 4.74 Å². The third-order valence-electron chi connectivity index (χ3n) is 7.63. The van der Waals surface area contributed by atoms with Crippen LogP contribution in [0.3, 0.4) is 0 Å². The van der Waals surface area contributed by atoms with E-state index in [9.17, 15) is 0 Å². The number of rotatable bonds is 6. The second-order valence-corrected chi connectivity index (χ2v) is 12.6. The van der Waals surface area contributed by atoms with Gasteiger partial charge in [-0.25, -0.2) is 15.0 Å². The van der Waals surface area contributed by atoms with E-state index in [2.05, 4.69) is 83.2 Å². The largest absolute Gasteiger partial charge is 0.439 e. The van der Waals surface area contributed by atoms with Gasteiger partial charge in [0.05, 0.1) is 5.52 Å². The van der Waals surface area contributed by atoms with Crippen LogP contribution in [0.1, 0.15) is 5.56 Å². The van der Waals surface area contributed by atoms with Crippen LogP contribution in [-0.4, -0.2) is 59.0 Å². The van der Waals surface area contributed by atoms with Gasteiger partial charge in [0.2, 0.25) is 5.88 Å². The Balaban J connectivity index is 1.05. The molecule has 1 saturated heterocycles. The molecule has 9 nitrogen and oxygen atoms in total. The fraction of sp³-hybridized carbons (Fsp3) is 0.161. The van der Waals surface area contributed by atoms with E-state index in [1.165, 1.54) is 17.0 Å². The van der Waals surface area contributed by atoms with Crippen molar-refractivity contribution in [2.24, 2.45) is 0 Å². The van der Waals surface area contributed by atoms with Crippen molar-refractivity contribution < 1.29 is 4.74 Å². The SMILES string of the molecule is Cc1cc(Nc2ncnc3ccc(-c4cccc(N5CCS6=CC6C5)c4)cc23)ccc1Oc1cc2nncn2cn1. The van der Waals surface area contributed by atoms with Gasteiger partial charge in [0, 0.05) is 46.9 Å². The third kappa shape index (κ3) is 4.66. The van der Waals surface area contributed by atoms with E-state index in [1.54, 1.807) is 29.4 Å². The molecule has 8 rings (SSSR count). The maximum absolute atomic E-state index is 6.04. The summed E-state index contributed by atoms with van der Waals surface area (Å²) < 4.78 is 7.77.